The summed E-state index contributed by atoms with van der Waals surface area (Å²) in [5, 5.41) is 4.90. The molecule has 1 heterocycles. The molecule has 1 aromatic heterocycles. The Morgan fingerprint density at radius 2 is 1.71 bits per heavy atom. The lowest BCUT2D eigenvalue weighted by Crippen LogP contribution is -2.17. The molecule has 28 heavy (non-hydrogen) atoms. The number of oxazole rings is 1. The molecule has 2 N–H and O–H groups in total. The molecule has 0 unspecified atom stereocenters. The van der Waals surface area contributed by atoms with Gasteiger partial charge in [0.25, 0.3) is 0 Å². The van der Waals surface area contributed by atoms with Crippen LogP contribution in [0.3, 0.4) is 0 Å². The normalized spacial score (nSPS) is 12.2. The molecule has 3 aromatic rings. The highest BCUT2D eigenvalue weighted by Crippen LogP contribution is 2.27. The second-order valence-electron chi connectivity index (χ2n) is 5.45. The molecule has 0 atom stereocenters. The molecule has 0 fully saturated rings. The summed E-state index contributed by atoms with van der Waals surface area (Å²) in [6.07, 6.45) is -3.88. The Hall–Kier alpha value is -3.12. The number of ether oxygens (including phenoxy) is 1. The van der Waals surface area contributed by atoms with E-state index >= 15 is 0 Å². The summed E-state index contributed by atoms with van der Waals surface area (Å²) in [7, 11) is -4.28. The molecule has 0 saturated carbocycles. The number of nitrogens with zero attached hydrogens (tertiary/aromatic N) is 1. The molecule has 0 saturated heterocycles. The van der Waals surface area contributed by atoms with Crippen molar-refractivity contribution in [3.05, 3.63) is 65.1 Å². The third kappa shape index (κ3) is 4.07. The van der Waals surface area contributed by atoms with E-state index in [0.29, 0.717) is 0 Å². The number of halogens is 4. The third-order valence-electron chi connectivity index (χ3n) is 3.56. The lowest BCUT2D eigenvalue weighted by Gasteiger charge is -2.10. The second kappa shape index (κ2) is 6.80. The van der Waals surface area contributed by atoms with E-state index in [1.807, 2.05) is 0 Å². The van der Waals surface area contributed by atoms with E-state index in [-0.39, 0.29) is 16.9 Å². The second-order valence-corrected chi connectivity index (χ2v) is 6.98. The first-order valence-electron chi connectivity index (χ1n) is 7.35. The fourth-order valence-electron chi connectivity index (χ4n) is 2.44. The lowest BCUT2D eigenvalue weighted by molar-refractivity contribution is -0.274. The maximum absolute atomic E-state index is 14.1. The summed E-state index contributed by atoms with van der Waals surface area (Å²) in [6, 6.07) is 7.25. The summed E-state index contributed by atoms with van der Waals surface area (Å²) in [4.78, 5) is 11.3. The van der Waals surface area contributed by atoms with Crippen LogP contribution in [-0.4, -0.2) is 19.3 Å². The van der Waals surface area contributed by atoms with Gasteiger partial charge in [-0.3, -0.25) is 0 Å². The van der Waals surface area contributed by atoms with Crippen LogP contribution in [0.1, 0.15) is 0 Å². The molecule has 0 spiro atoms. The van der Waals surface area contributed by atoms with Gasteiger partial charge in [0.2, 0.25) is 10.0 Å². The van der Waals surface area contributed by atoms with E-state index in [4.69, 9.17) is 9.56 Å². The van der Waals surface area contributed by atoms with Gasteiger partial charge in [-0.1, -0.05) is 6.07 Å². The molecule has 0 amide bonds. The van der Waals surface area contributed by atoms with Crippen molar-refractivity contribution < 1.29 is 35.1 Å². The zero-order chi connectivity index (χ0) is 20.7. The van der Waals surface area contributed by atoms with Crippen molar-refractivity contribution in [2.75, 3.05) is 0 Å². The zero-order valence-electron chi connectivity index (χ0n) is 13.6. The number of rotatable bonds is 4. The summed E-state index contributed by atoms with van der Waals surface area (Å²) in [5.74, 6) is -2.54. The minimum atomic E-state index is -4.87. The molecule has 7 nitrogen and oxygen atoms in total. The smallest absolute Gasteiger partial charge is 0.415 e. The fourth-order valence-corrected chi connectivity index (χ4v) is 3.03. The molecule has 12 heteroatoms. The predicted molar refractivity (Wildman–Crippen MR) is 87.8 cm³/mol. The van der Waals surface area contributed by atoms with Crippen LogP contribution < -0.4 is 15.6 Å². The number of aromatic nitrogens is 1. The number of hydrogen-bond acceptors (Lipinski definition) is 5. The van der Waals surface area contributed by atoms with Gasteiger partial charge in [-0.25, -0.2) is 27.3 Å². The van der Waals surface area contributed by atoms with Gasteiger partial charge in [-0.05, 0) is 36.4 Å². The standard InChI is InChI=1S/C16H10F4N2O5S/c17-12-7-9(1-6-14(12)28(21,24)25)13-8-26-15(23)22(13)10-2-4-11(5-3-10)27-16(18,19)20/h1-8H,(H2,21,24,25). The monoisotopic (exact) mass is 418 g/mol. The number of benzene rings is 2. The SMILES string of the molecule is NS(=O)(=O)c1ccc(-c2coc(=O)n2-c2ccc(OC(F)(F)F)cc2)cc1F. The van der Waals surface area contributed by atoms with Crippen LogP contribution >= 0.6 is 0 Å². The van der Waals surface area contributed by atoms with E-state index in [1.54, 1.807) is 0 Å². The number of nitrogens with two attached hydrogens (primary N) is 1. The van der Waals surface area contributed by atoms with Crippen LogP contribution in [0.15, 0.2) is 62.8 Å². The average molecular weight is 418 g/mol. The van der Waals surface area contributed by atoms with Gasteiger partial charge >= 0.3 is 12.1 Å². The Labute approximate surface area is 154 Å². The van der Waals surface area contributed by atoms with E-state index in [0.717, 1.165) is 47.2 Å². The summed E-state index contributed by atoms with van der Waals surface area (Å²) in [5.41, 5.74) is 0.222. The Morgan fingerprint density at radius 3 is 2.25 bits per heavy atom. The van der Waals surface area contributed by atoms with Crippen molar-refractivity contribution in [2.45, 2.75) is 11.3 Å². The molecule has 2 aromatic carbocycles. The zero-order valence-corrected chi connectivity index (χ0v) is 14.4. The molecule has 148 valence electrons. The van der Waals surface area contributed by atoms with Gasteiger partial charge in [0.05, 0.1) is 11.4 Å². The van der Waals surface area contributed by atoms with Gasteiger partial charge in [-0.15, -0.1) is 13.2 Å². The van der Waals surface area contributed by atoms with Crippen LogP contribution in [0, 0.1) is 5.82 Å². The van der Waals surface area contributed by atoms with Crippen molar-refractivity contribution in [3.63, 3.8) is 0 Å². The number of sulfonamides is 1. The molecule has 0 radical (unpaired) electrons. The predicted octanol–water partition coefficient (Wildman–Crippen LogP) is 2.78. The van der Waals surface area contributed by atoms with Gasteiger partial charge in [0, 0.05) is 5.56 Å². The Morgan fingerprint density at radius 1 is 1.07 bits per heavy atom. The molecule has 0 aliphatic carbocycles. The Balaban J connectivity index is 2.04. The van der Waals surface area contributed by atoms with Crippen molar-refractivity contribution in [2.24, 2.45) is 5.14 Å². The van der Waals surface area contributed by atoms with Crippen molar-refractivity contribution in [1.82, 2.24) is 4.57 Å². The maximum atomic E-state index is 14.1. The van der Waals surface area contributed by atoms with Crippen molar-refractivity contribution >= 4 is 10.0 Å². The van der Waals surface area contributed by atoms with E-state index < -0.39 is 38.6 Å². The quantitative estimate of drug-likeness (QED) is 0.656. The molecular weight excluding hydrogens is 408 g/mol. The number of primary sulfonamides is 1. The topological polar surface area (TPSA) is 105 Å². The summed E-state index contributed by atoms with van der Waals surface area (Å²) >= 11 is 0. The van der Waals surface area contributed by atoms with E-state index in [9.17, 15) is 30.8 Å². The fraction of sp³-hybridized carbons (Fsp3) is 0.0625. The molecular formula is C16H10F4N2O5S. The van der Waals surface area contributed by atoms with E-state index in [1.165, 1.54) is 6.07 Å². The van der Waals surface area contributed by atoms with Crippen LogP contribution in [0.25, 0.3) is 16.9 Å². The highest BCUT2D eigenvalue weighted by atomic mass is 32.2. The molecule has 0 aliphatic rings. The number of hydrogen-bond donors (Lipinski definition) is 1. The van der Waals surface area contributed by atoms with Gasteiger partial charge in [0.15, 0.2) is 0 Å². The van der Waals surface area contributed by atoms with Crippen LogP contribution in [0.5, 0.6) is 5.75 Å². The highest BCUT2D eigenvalue weighted by molar-refractivity contribution is 7.89. The first-order valence-corrected chi connectivity index (χ1v) is 8.90. The van der Waals surface area contributed by atoms with Crippen LogP contribution in [0.2, 0.25) is 0 Å². The van der Waals surface area contributed by atoms with Gasteiger partial charge in [0.1, 0.15) is 22.7 Å². The summed E-state index contributed by atoms with van der Waals surface area (Å²) < 4.78 is 82.9. The minimum Gasteiger partial charge on any atom is -0.415 e. The Kier molecular flexibility index (Phi) is 4.77. The average Bonchev–Trinajstić information content (AvgIpc) is 2.94. The van der Waals surface area contributed by atoms with Crippen LogP contribution in [0.4, 0.5) is 17.6 Å². The maximum Gasteiger partial charge on any atom is 0.573 e. The number of alkyl halides is 3. The minimum absolute atomic E-state index is 0.0364. The third-order valence-corrected chi connectivity index (χ3v) is 4.50. The Bertz CT molecular complexity index is 1180. The van der Waals surface area contributed by atoms with Crippen molar-refractivity contribution in [3.8, 4) is 22.7 Å². The lowest BCUT2D eigenvalue weighted by atomic mass is 10.1. The van der Waals surface area contributed by atoms with Gasteiger partial charge < -0.3 is 9.15 Å². The van der Waals surface area contributed by atoms with Crippen molar-refractivity contribution in [1.29, 1.82) is 0 Å². The molecule has 0 bridgehead atoms. The first-order chi connectivity index (χ1) is 13.0. The highest BCUT2D eigenvalue weighted by Gasteiger charge is 2.31. The van der Waals surface area contributed by atoms with E-state index in [2.05, 4.69) is 4.74 Å². The molecule has 3 rings (SSSR count). The van der Waals surface area contributed by atoms with Gasteiger partial charge in [-0.2, -0.15) is 0 Å². The summed E-state index contributed by atoms with van der Waals surface area (Å²) in [6.45, 7) is 0. The first kappa shape index (κ1) is 19.6. The molecule has 0 aliphatic heterocycles. The van der Waals surface area contributed by atoms with Crippen LogP contribution in [-0.2, 0) is 10.0 Å². The largest absolute Gasteiger partial charge is 0.573 e.